The molecule has 0 amide bonds. The fraction of sp³-hybridized carbons (Fsp3) is 0.571. The molecule has 0 bridgehead atoms. The maximum absolute atomic E-state index is 5.82. The van der Waals surface area contributed by atoms with Gasteiger partial charge in [0.05, 0.1) is 6.61 Å². The summed E-state index contributed by atoms with van der Waals surface area (Å²) >= 11 is 0. The highest BCUT2D eigenvalue weighted by molar-refractivity contribution is 5.29. The highest BCUT2D eigenvalue weighted by Gasteiger charge is 2.11. The number of nitrogens with two attached hydrogens (primary N) is 1. The van der Waals surface area contributed by atoms with E-state index >= 15 is 0 Å². The summed E-state index contributed by atoms with van der Waals surface area (Å²) < 4.78 is 5.42. The highest BCUT2D eigenvalue weighted by Crippen LogP contribution is 2.24. The van der Waals surface area contributed by atoms with Gasteiger partial charge in [0.15, 0.2) is 0 Å². The van der Waals surface area contributed by atoms with Crippen LogP contribution < -0.4 is 10.5 Å². The molecule has 1 atom stereocenters. The molecule has 0 saturated heterocycles. The van der Waals surface area contributed by atoms with Crippen molar-refractivity contribution in [2.75, 3.05) is 13.2 Å². The monoisotopic (exact) mass is 221 g/mol. The van der Waals surface area contributed by atoms with Crippen LogP contribution in [0.3, 0.4) is 0 Å². The van der Waals surface area contributed by atoms with Crippen LogP contribution in [0.1, 0.15) is 38.7 Å². The number of ether oxygens (including phenoxy) is 1. The van der Waals surface area contributed by atoms with Crippen LogP contribution in [-0.2, 0) is 0 Å². The maximum Gasteiger partial charge on any atom is 0.119 e. The van der Waals surface area contributed by atoms with Gasteiger partial charge in [-0.25, -0.2) is 0 Å². The molecule has 0 aliphatic rings. The predicted molar refractivity (Wildman–Crippen MR) is 68.9 cm³/mol. The summed E-state index contributed by atoms with van der Waals surface area (Å²) in [6.45, 7) is 7.89. The summed E-state index contributed by atoms with van der Waals surface area (Å²) in [5.41, 5.74) is 7.14. The van der Waals surface area contributed by atoms with E-state index in [1.54, 1.807) is 0 Å². The summed E-state index contributed by atoms with van der Waals surface area (Å²) in [6.07, 6.45) is 1.14. The standard InChI is InChI=1S/C14H23NO/c1-4-16-14-7-5-12(6-8-14)13(10-15)9-11(2)3/h5-8,11,13H,4,9-10,15H2,1-3H3. The second kappa shape index (κ2) is 6.54. The molecule has 0 saturated carbocycles. The second-order valence-electron chi connectivity index (χ2n) is 4.56. The molecule has 2 heteroatoms. The summed E-state index contributed by atoms with van der Waals surface area (Å²) in [7, 11) is 0. The third-order valence-corrected chi connectivity index (χ3v) is 2.70. The molecule has 0 radical (unpaired) electrons. The quantitative estimate of drug-likeness (QED) is 0.800. The minimum Gasteiger partial charge on any atom is -0.494 e. The molecular weight excluding hydrogens is 198 g/mol. The van der Waals surface area contributed by atoms with E-state index < -0.39 is 0 Å². The largest absolute Gasteiger partial charge is 0.494 e. The van der Waals surface area contributed by atoms with Crippen molar-refractivity contribution in [2.45, 2.75) is 33.1 Å². The molecule has 0 aliphatic carbocycles. The van der Waals surface area contributed by atoms with E-state index in [-0.39, 0.29) is 0 Å². The van der Waals surface area contributed by atoms with Crippen LogP contribution in [0.2, 0.25) is 0 Å². The summed E-state index contributed by atoms with van der Waals surface area (Å²) in [6, 6.07) is 8.32. The van der Waals surface area contributed by atoms with Gasteiger partial charge in [-0.05, 0) is 49.4 Å². The SMILES string of the molecule is CCOc1ccc(C(CN)CC(C)C)cc1. The zero-order valence-electron chi connectivity index (χ0n) is 10.6. The minimum absolute atomic E-state index is 0.468. The van der Waals surface area contributed by atoms with Crippen LogP contribution in [0.5, 0.6) is 5.75 Å². The Morgan fingerprint density at radius 3 is 2.25 bits per heavy atom. The van der Waals surface area contributed by atoms with Crippen molar-refractivity contribution >= 4 is 0 Å². The first kappa shape index (κ1) is 13.0. The van der Waals surface area contributed by atoms with Crippen molar-refractivity contribution in [3.05, 3.63) is 29.8 Å². The van der Waals surface area contributed by atoms with E-state index in [4.69, 9.17) is 10.5 Å². The Morgan fingerprint density at radius 1 is 1.19 bits per heavy atom. The molecule has 16 heavy (non-hydrogen) atoms. The van der Waals surface area contributed by atoms with Crippen molar-refractivity contribution in [1.82, 2.24) is 0 Å². The highest BCUT2D eigenvalue weighted by atomic mass is 16.5. The molecule has 90 valence electrons. The normalized spacial score (nSPS) is 12.8. The van der Waals surface area contributed by atoms with Gasteiger partial charge in [0.1, 0.15) is 5.75 Å². The van der Waals surface area contributed by atoms with Crippen molar-refractivity contribution in [3.63, 3.8) is 0 Å². The molecule has 0 fully saturated rings. The van der Waals surface area contributed by atoms with E-state index in [1.807, 2.05) is 19.1 Å². The van der Waals surface area contributed by atoms with Crippen molar-refractivity contribution in [3.8, 4) is 5.75 Å². The summed E-state index contributed by atoms with van der Waals surface area (Å²) in [4.78, 5) is 0. The molecule has 2 N–H and O–H groups in total. The molecule has 1 aromatic carbocycles. The Labute approximate surface area is 98.8 Å². The molecule has 0 heterocycles. The van der Waals surface area contributed by atoms with E-state index in [2.05, 4.69) is 26.0 Å². The first-order valence-corrected chi connectivity index (χ1v) is 6.10. The van der Waals surface area contributed by atoms with Crippen LogP contribution in [-0.4, -0.2) is 13.2 Å². The fourth-order valence-corrected chi connectivity index (χ4v) is 1.94. The summed E-state index contributed by atoms with van der Waals surface area (Å²) in [5.74, 6) is 2.09. The second-order valence-corrected chi connectivity index (χ2v) is 4.56. The van der Waals surface area contributed by atoms with Gasteiger partial charge in [-0.2, -0.15) is 0 Å². The average molecular weight is 221 g/mol. The molecule has 1 unspecified atom stereocenters. The number of hydrogen-bond donors (Lipinski definition) is 1. The Kier molecular flexibility index (Phi) is 5.33. The van der Waals surface area contributed by atoms with Gasteiger partial charge in [0.2, 0.25) is 0 Å². The minimum atomic E-state index is 0.468. The molecule has 0 aromatic heterocycles. The van der Waals surface area contributed by atoms with Crippen molar-refractivity contribution in [1.29, 1.82) is 0 Å². The summed E-state index contributed by atoms with van der Waals surface area (Å²) in [5, 5.41) is 0. The molecular formula is C14H23NO. The van der Waals surface area contributed by atoms with Gasteiger partial charge in [0, 0.05) is 0 Å². The third-order valence-electron chi connectivity index (χ3n) is 2.70. The molecule has 2 nitrogen and oxygen atoms in total. The first-order valence-electron chi connectivity index (χ1n) is 6.10. The average Bonchev–Trinajstić information content (AvgIpc) is 2.27. The number of hydrogen-bond acceptors (Lipinski definition) is 2. The number of rotatable bonds is 6. The lowest BCUT2D eigenvalue weighted by Crippen LogP contribution is -2.14. The van der Waals surface area contributed by atoms with Gasteiger partial charge >= 0.3 is 0 Å². The Balaban J connectivity index is 2.70. The maximum atomic E-state index is 5.82. The van der Waals surface area contributed by atoms with Gasteiger partial charge in [-0.3, -0.25) is 0 Å². The zero-order chi connectivity index (χ0) is 12.0. The lowest BCUT2D eigenvalue weighted by Gasteiger charge is -2.17. The molecule has 0 spiro atoms. The van der Waals surface area contributed by atoms with Gasteiger partial charge in [-0.15, -0.1) is 0 Å². The fourth-order valence-electron chi connectivity index (χ4n) is 1.94. The van der Waals surface area contributed by atoms with Gasteiger partial charge in [0.25, 0.3) is 0 Å². The molecule has 0 aliphatic heterocycles. The van der Waals surface area contributed by atoms with E-state index in [9.17, 15) is 0 Å². The first-order chi connectivity index (χ1) is 7.67. The van der Waals surface area contributed by atoms with Crippen LogP contribution in [0.4, 0.5) is 0 Å². The zero-order valence-corrected chi connectivity index (χ0v) is 10.6. The Bertz CT molecular complexity index is 292. The number of benzene rings is 1. The third kappa shape index (κ3) is 3.86. The van der Waals surface area contributed by atoms with Crippen LogP contribution in [0.15, 0.2) is 24.3 Å². The lowest BCUT2D eigenvalue weighted by atomic mass is 9.90. The van der Waals surface area contributed by atoms with Gasteiger partial charge < -0.3 is 10.5 Å². The van der Waals surface area contributed by atoms with E-state index in [0.717, 1.165) is 12.2 Å². The van der Waals surface area contributed by atoms with Gasteiger partial charge in [-0.1, -0.05) is 26.0 Å². The van der Waals surface area contributed by atoms with Crippen molar-refractivity contribution < 1.29 is 4.74 Å². The van der Waals surface area contributed by atoms with E-state index in [0.29, 0.717) is 25.0 Å². The van der Waals surface area contributed by atoms with Crippen LogP contribution in [0, 0.1) is 5.92 Å². The topological polar surface area (TPSA) is 35.2 Å². The Hall–Kier alpha value is -1.02. The lowest BCUT2D eigenvalue weighted by molar-refractivity contribution is 0.340. The van der Waals surface area contributed by atoms with E-state index in [1.165, 1.54) is 5.56 Å². The van der Waals surface area contributed by atoms with Crippen molar-refractivity contribution in [2.24, 2.45) is 11.7 Å². The smallest absolute Gasteiger partial charge is 0.119 e. The predicted octanol–water partition coefficient (Wildman–Crippen LogP) is 3.17. The van der Waals surface area contributed by atoms with Crippen LogP contribution in [0.25, 0.3) is 0 Å². The Morgan fingerprint density at radius 2 is 1.81 bits per heavy atom. The molecule has 1 rings (SSSR count). The van der Waals surface area contributed by atoms with Crippen LogP contribution >= 0.6 is 0 Å². The molecule has 1 aromatic rings.